The lowest BCUT2D eigenvalue weighted by Gasteiger charge is -2.18. The highest BCUT2D eigenvalue weighted by Gasteiger charge is 2.32. The van der Waals surface area contributed by atoms with Crippen molar-refractivity contribution in [3.05, 3.63) is 24.0 Å². The molecule has 9 heteroatoms. The van der Waals surface area contributed by atoms with Gasteiger partial charge in [-0.3, -0.25) is 4.79 Å². The van der Waals surface area contributed by atoms with Crippen molar-refractivity contribution in [3.8, 4) is 12.3 Å². The van der Waals surface area contributed by atoms with E-state index < -0.39 is 30.4 Å². The summed E-state index contributed by atoms with van der Waals surface area (Å²) in [4.78, 5) is 26.3. The molecule has 1 rings (SSSR count). The molecule has 2 amide bonds. The molecule has 0 spiro atoms. The molecule has 2 N–H and O–H groups in total. The molecule has 0 saturated carbocycles. The van der Waals surface area contributed by atoms with Crippen molar-refractivity contribution in [2.45, 2.75) is 6.18 Å². The number of pyridine rings is 1. The summed E-state index contributed by atoms with van der Waals surface area (Å²) in [5.41, 5.74) is -1.12. The lowest BCUT2D eigenvalue weighted by atomic mass is 10.3. The third-order valence-corrected chi connectivity index (χ3v) is 2.20. The second kappa shape index (κ2) is 6.60. The number of hydrogen-bond donors (Lipinski definition) is 2. The molecule has 0 unspecified atom stereocenters. The van der Waals surface area contributed by atoms with Crippen molar-refractivity contribution in [1.82, 2.24) is 9.88 Å². The van der Waals surface area contributed by atoms with Crippen LogP contribution in [0.4, 0.5) is 23.7 Å². The van der Waals surface area contributed by atoms with Crippen LogP contribution in [0, 0.1) is 12.3 Å². The van der Waals surface area contributed by atoms with E-state index in [2.05, 4.69) is 16.2 Å². The van der Waals surface area contributed by atoms with Crippen LogP contribution in [0.5, 0.6) is 0 Å². The number of nitrogens with one attached hydrogen (secondary N) is 1. The van der Waals surface area contributed by atoms with E-state index in [1.807, 2.05) is 0 Å². The molecule has 0 aliphatic rings. The Hall–Kier alpha value is -2.76. The van der Waals surface area contributed by atoms with Gasteiger partial charge in [0.25, 0.3) is 0 Å². The standard InChI is InChI=1S/C12H10F3N3O3/c1-2-5-18(7-10(19)20)11(21)17-8-3-4-9(16-6-8)12(13,14)15/h1,3-4,6H,5,7H2,(H,17,21)(H,19,20). The van der Waals surface area contributed by atoms with Crippen LogP contribution in [0.1, 0.15) is 5.69 Å². The number of amides is 2. The van der Waals surface area contributed by atoms with Crippen molar-refractivity contribution in [1.29, 1.82) is 0 Å². The van der Waals surface area contributed by atoms with E-state index in [0.717, 1.165) is 17.2 Å². The van der Waals surface area contributed by atoms with E-state index in [1.165, 1.54) is 0 Å². The van der Waals surface area contributed by atoms with E-state index in [4.69, 9.17) is 11.5 Å². The van der Waals surface area contributed by atoms with Gasteiger partial charge in [0.2, 0.25) is 0 Å². The number of aromatic nitrogens is 1. The van der Waals surface area contributed by atoms with E-state index in [-0.39, 0.29) is 12.2 Å². The highest BCUT2D eigenvalue weighted by atomic mass is 19.4. The first kappa shape index (κ1) is 16.3. The van der Waals surface area contributed by atoms with Crippen LogP contribution < -0.4 is 5.32 Å². The first-order chi connectivity index (χ1) is 9.74. The van der Waals surface area contributed by atoms with Crippen LogP contribution in [0.2, 0.25) is 0 Å². The van der Waals surface area contributed by atoms with Crippen LogP contribution in [0.3, 0.4) is 0 Å². The van der Waals surface area contributed by atoms with E-state index in [9.17, 15) is 22.8 Å². The number of terminal acetylenes is 1. The van der Waals surface area contributed by atoms with Gasteiger partial charge >= 0.3 is 18.2 Å². The summed E-state index contributed by atoms with van der Waals surface area (Å²) >= 11 is 0. The van der Waals surface area contributed by atoms with Crippen molar-refractivity contribution in [2.75, 3.05) is 18.4 Å². The van der Waals surface area contributed by atoms with Gasteiger partial charge in [0.1, 0.15) is 12.2 Å². The maximum absolute atomic E-state index is 12.3. The van der Waals surface area contributed by atoms with Crippen LogP contribution in [-0.2, 0) is 11.0 Å². The van der Waals surface area contributed by atoms with Crippen LogP contribution in [0.25, 0.3) is 0 Å². The predicted molar refractivity (Wildman–Crippen MR) is 66.3 cm³/mol. The fraction of sp³-hybridized carbons (Fsp3) is 0.250. The monoisotopic (exact) mass is 301 g/mol. The number of aliphatic carboxylic acids is 1. The normalized spacial score (nSPS) is 10.6. The summed E-state index contributed by atoms with van der Waals surface area (Å²) in [6.45, 7) is -0.893. The molecule has 112 valence electrons. The third-order valence-electron chi connectivity index (χ3n) is 2.20. The number of alkyl halides is 3. The topological polar surface area (TPSA) is 82.5 Å². The zero-order valence-electron chi connectivity index (χ0n) is 10.5. The molecule has 6 nitrogen and oxygen atoms in total. The Balaban J connectivity index is 2.77. The Morgan fingerprint density at radius 1 is 1.43 bits per heavy atom. The molecule has 0 bridgehead atoms. The Morgan fingerprint density at radius 2 is 2.10 bits per heavy atom. The van der Waals surface area contributed by atoms with Gasteiger partial charge in [-0.25, -0.2) is 9.78 Å². The van der Waals surface area contributed by atoms with Gasteiger partial charge in [0.15, 0.2) is 0 Å². The van der Waals surface area contributed by atoms with E-state index in [1.54, 1.807) is 0 Å². The molecule has 0 aliphatic carbocycles. The van der Waals surface area contributed by atoms with E-state index in [0.29, 0.717) is 6.07 Å². The Bertz CT molecular complexity index is 564. The summed E-state index contributed by atoms with van der Waals surface area (Å²) in [6.07, 6.45) is 1.24. The number of rotatable bonds is 4. The lowest BCUT2D eigenvalue weighted by molar-refractivity contribution is -0.141. The summed E-state index contributed by atoms with van der Waals surface area (Å²) in [6, 6.07) is 0.845. The zero-order chi connectivity index (χ0) is 16.0. The van der Waals surface area contributed by atoms with Crippen LogP contribution in [0.15, 0.2) is 18.3 Å². The average Bonchev–Trinajstić information content (AvgIpc) is 2.37. The van der Waals surface area contributed by atoms with Crippen LogP contribution >= 0.6 is 0 Å². The number of carboxylic acid groups (broad SMARTS) is 1. The number of anilines is 1. The van der Waals surface area contributed by atoms with Gasteiger partial charge in [-0.05, 0) is 12.1 Å². The number of carbonyl (C=O) groups is 2. The van der Waals surface area contributed by atoms with Crippen molar-refractivity contribution in [3.63, 3.8) is 0 Å². The third kappa shape index (κ3) is 5.02. The first-order valence-electron chi connectivity index (χ1n) is 5.48. The molecule has 1 aromatic rings. The lowest BCUT2D eigenvalue weighted by Crippen LogP contribution is -2.39. The maximum atomic E-state index is 12.3. The molecule has 0 atom stereocenters. The number of nitrogens with zero attached hydrogens (tertiary/aromatic N) is 2. The minimum atomic E-state index is -4.58. The molecule has 0 saturated heterocycles. The van der Waals surface area contributed by atoms with Crippen molar-refractivity contribution in [2.24, 2.45) is 0 Å². The zero-order valence-corrected chi connectivity index (χ0v) is 10.5. The molecule has 0 fully saturated rings. The number of hydrogen-bond acceptors (Lipinski definition) is 3. The number of urea groups is 1. The molecule has 0 radical (unpaired) electrons. The largest absolute Gasteiger partial charge is 0.480 e. The number of halogens is 3. The quantitative estimate of drug-likeness (QED) is 0.828. The Labute approximate surface area is 117 Å². The average molecular weight is 301 g/mol. The van der Waals surface area contributed by atoms with Crippen LogP contribution in [-0.4, -0.2) is 40.1 Å². The SMILES string of the molecule is C#CCN(CC(=O)O)C(=O)Nc1ccc(C(F)(F)F)nc1. The molecule has 1 aromatic heterocycles. The maximum Gasteiger partial charge on any atom is 0.433 e. The van der Waals surface area contributed by atoms with Crippen molar-refractivity contribution >= 4 is 17.7 Å². The second-order valence-corrected chi connectivity index (χ2v) is 3.81. The highest BCUT2D eigenvalue weighted by molar-refractivity contribution is 5.91. The van der Waals surface area contributed by atoms with Crippen molar-refractivity contribution < 1.29 is 27.9 Å². The minimum absolute atomic E-state index is 0.0135. The van der Waals surface area contributed by atoms with Gasteiger partial charge < -0.3 is 15.3 Å². The Morgan fingerprint density at radius 3 is 2.52 bits per heavy atom. The summed E-state index contributed by atoms with van der Waals surface area (Å²) in [7, 11) is 0. The Kier molecular flexibility index (Phi) is 5.12. The second-order valence-electron chi connectivity index (χ2n) is 3.81. The van der Waals surface area contributed by atoms with Gasteiger partial charge in [0.05, 0.1) is 18.4 Å². The predicted octanol–water partition coefficient (Wildman–Crippen LogP) is 1.65. The molecule has 0 aromatic carbocycles. The van der Waals surface area contributed by atoms with Gasteiger partial charge in [-0.15, -0.1) is 6.42 Å². The summed E-state index contributed by atoms with van der Waals surface area (Å²) in [5.74, 6) is 0.834. The fourth-order valence-corrected chi connectivity index (χ4v) is 1.31. The fourth-order valence-electron chi connectivity index (χ4n) is 1.31. The molecule has 1 heterocycles. The molecule has 21 heavy (non-hydrogen) atoms. The molecular weight excluding hydrogens is 291 g/mol. The highest BCUT2D eigenvalue weighted by Crippen LogP contribution is 2.27. The first-order valence-corrected chi connectivity index (χ1v) is 5.48. The summed E-state index contributed by atoms with van der Waals surface area (Å²) in [5, 5.41) is 10.8. The number of carboxylic acids is 1. The van der Waals surface area contributed by atoms with E-state index >= 15 is 0 Å². The molecule has 0 aliphatic heterocycles. The summed E-state index contributed by atoms with van der Waals surface area (Å²) < 4.78 is 36.9. The number of carbonyl (C=O) groups excluding carboxylic acids is 1. The minimum Gasteiger partial charge on any atom is -0.480 e. The smallest absolute Gasteiger partial charge is 0.433 e. The van der Waals surface area contributed by atoms with Gasteiger partial charge in [-0.2, -0.15) is 13.2 Å². The molecular formula is C12H10F3N3O3. The van der Waals surface area contributed by atoms with Gasteiger partial charge in [0, 0.05) is 0 Å². The van der Waals surface area contributed by atoms with Gasteiger partial charge in [-0.1, -0.05) is 5.92 Å².